The van der Waals surface area contributed by atoms with Crippen LogP contribution in [0.3, 0.4) is 0 Å². The van der Waals surface area contributed by atoms with Crippen LogP contribution in [0, 0.1) is 5.41 Å². The third kappa shape index (κ3) is 3.33. The van der Waals surface area contributed by atoms with Crippen LogP contribution in [0.4, 0.5) is 0 Å². The Labute approximate surface area is 175 Å². The summed E-state index contributed by atoms with van der Waals surface area (Å²) in [4.78, 5) is 38.4. The molecule has 2 atom stereocenters. The number of piperidine rings is 1. The fourth-order valence-corrected chi connectivity index (χ4v) is 5.45. The van der Waals surface area contributed by atoms with Crippen LogP contribution in [-0.2, 0) is 27.4 Å². The molecule has 1 aromatic carbocycles. The zero-order chi connectivity index (χ0) is 20.7. The van der Waals surface area contributed by atoms with Crippen LogP contribution < -0.4 is 16.0 Å². The smallest absolute Gasteiger partial charge is 0.255 e. The van der Waals surface area contributed by atoms with E-state index in [1.54, 1.807) is 4.90 Å². The van der Waals surface area contributed by atoms with Gasteiger partial charge in [0.05, 0.1) is 0 Å². The minimum absolute atomic E-state index is 0.121. The molecule has 1 aromatic rings. The maximum Gasteiger partial charge on any atom is 0.255 e. The predicted molar refractivity (Wildman–Crippen MR) is 108 cm³/mol. The van der Waals surface area contributed by atoms with Crippen LogP contribution in [0.25, 0.3) is 0 Å². The molecule has 5 rings (SSSR count). The topological polar surface area (TPSA) is 99.8 Å². The summed E-state index contributed by atoms with van der Waals surface area (Å²) >= 11 is 0. The summed E-state index contributed by atoms with van der Waals surface area (Å²) in [6.07, 6.45) is 2.78. The van der Waals surface area contributed by atoms with Crippen LogP contribution in [0.1, 0.15) is 47.2 Å². The summed E-state index contributed by atoms with van der Waals surface area (Å²) in [5.74, 6) is -0.757. The van der Waals surface area contributed by atoms with Crippen molar-refractivity contribution in [2.75, 3.05) is 26.3 Å². The van der Waals surface area contributed by atoms with Gasteiger partial charge in [-0.1, -0.05) is 12.1 Å². The quantitative estimate of drug-likeness (QED) is 0.616. The molecule has 0 bridgehead atoms. The molecule has 0 radical (unpaired) electrons. The van der Waals surface area contributed by atoms with Gasteiger partial charge in [-0.3, -0.25) is 19.7 Å². The zero-order valence-corrected chi connectivity index (χ0v) is 17.0. The van der Waals surface area contributed by atoms with E-state index >= 15 is 0 Å². The molecule has 8 nitrogen and oxygen atoms in total. The summed E-state index contributed by atoms with van der Waals surface area (Å²) in [7, 11) is 0. The molecular formula is C22H28N4O4. The van der Waals surface area contributed by atoms with Crippen LogP contribution >= 0.6 is 0 Å². The Morgan fingerprint density at radius 3 is 2.83 bits per heavy atom. The van der Waals surface area contributed by atoms with E-state index in [9.17, 15) is 14.4 Å². The van der Waals surface area contributed by atoms with E-state index in [0.717, 1.165) is 50.3 Å². The van der Waals surface area contributed by atoms with Crippen LogP contribution in [-0.4, -0.2) is 61.0 Å². The molecule has 3 saturated heterocycles. The number of carbonyl (C=O) groups is 3. The summed E-state index contributed by atoms with van der Waals surface area (Å²) in [5.41, 5.74) is 3.01. The second-order valence-electron chi connectivity index (χ2n) is 8.88. The molecule has 0 aromatic heterocycles. The van der Waals surface area contributed by atoms with Crippen molar-refractivity contribution in [1.82, 2.24) is 20.9 Å². The molecule has 1 spiro atoms. The lowest BCUT2D eigenvalue weighted by atomic mass is 9.76. The Hall–Kier alpha value is -2.29. The van der Waals surface area contributed by atoms with Gasteiger partial charge >= 0.3 is 0 Å². The minimum Gasteiger partial charge on any atom is -0.381 e. The predicted octanol–water partition coefficient (Wildman–Crippen LogP) is 0.306. The second-order valence-corrected chi connectivity index (χ2v) is 8.88. The first-order valence-electron chi connectivity index (χ1n) is 10.8. The van der Waals surface area contributed by atoms with Gasteiger partial charge in [0.1, 0.15) is 6.04 Å². The standard InChI is InChI=1S/C22H28N4O4/c27-19-5-4-17(20(28)25-19)26-12-16-14(2-1-3-15(16)21(26)29)10-24-18-11-23-13-22(18)6-8-30-9-7-22/h1-3,17-18,23-24H,4-13H2,(H,25,27,28). The summed E-state index contributed by atoms with van der Waals surface area (Å²) < 4.78 is 5.57. The summed E-state index contributed by atoms with van der Waals surface area (Å²) in [5, 5.41) is 9.64. The number of hydrogen-bond acceptors (Lipinski definition) is 6. The molecule has 8 heteroatoms. The number of fused-ring (bicyclic) bond motifs is 1. The Balaban J connectivity index is 1.31. The molecule has 2 unspecified atom stereocenters. The van der Waals surface area contributed by atoms with Crippen LogP contribution in [0.5, 0.6) is 0 Å². The SMILES string of the molecule is O=C1CCC(N2Cc3c(CNC4CNCC45CCOCC5)cccc3C2=O)C(=O)N1. The van der Waals surface area contributed by atoms with E-state index in [2.05, 4.69) is 22.0 Å². The lowest BCUT2D eigenvalue weighted by molar-refractivity contribution is -0.136. The van der Waals surface area contributed by atoms with E-state index in [1.165, 1.54) is 0 Å². The molecule has 4 aliphatic rings. The lowest BCUT2D eigenvalue weighted by Gasteiger charge is -2.38. The van der Waals surface area contributed by atoms with Crippen molar-refractivity contribution in [3.05, 3.63) is 34.9 Å². The lowest BCUT2D eigenvalue weighted by Crippen LogP contribution is -2.52. The maximum atomic E-state index is 13.0. The highest BCUT2D eigenvalue weighted by Gasteiger charge is 2.44. The normalized spacial score (nSPS) is 28.1. The molecule has 160 valence electrons. The number of amides is 3. The number of imide groups is 1. The monoisotopic (exact) mass is 412 g/mol. The first-order valence-corrected chi connectivity index (χ1v) is 10.8. The fourth-order valence-electron chi connectivity index (χ4n) is 5.45. The highest BCUT2D eigenvalue weighted by atomic mass is 16.5. The third-order valence-electron chi connectivity index (χ3n) is 7.27. The summed E-state index contributed by atoms with van der Waals surface area (Å²) in [6.45, 7) is 4.69. The molecule has 3 N–H and O–H groups in total. The van der Waals surface area contributed by atoms with E-state index in [1.807, 2.05) is 12.1 Å². The zero-order valence-electron chi connectivity index (χ0n) is 17.0. The molecule has 4 aliphatic heterocycles. The molecule has 4 heterocycles. The number of nitrogens with zero attached hydrogens (tertiary/aromatic N) is 1. The molecule has 0 saturated carbocycles. The van der Waals surface area contributed by atoms with Crippen molar-refractivity contribution in [3.8, 4) is 0 Å². The average Bonchev–Trinajstić information content (AvgIpc) is 3.28. The minimum atomic E-state index is -0.576. The van der Waals surface area contributed by atoms with Crippen molar-refractivity contribution < 1.29 is 19.1 Å². The Morgan fingerprint density at radius 2 is 2.03 bits per heavy atom. The van der Waals surface area contributed by atoms with Crippen molar-refractivity contribution in [2.24, 2.45) is 5.41 Å². The highest BCUT2D eigenvalue weighted by molar-refractivity contribution is 6.05. The van der Waals surface area contributed by atoms with E-state index in [-0.39, 0.29) is 29.6 Å². The van der Waals surface area contributed by atoms with Gasteiger partial charge < -0.3 is 20.3 Å². The number of nitrogens with one attached hydrogen (secondary N) is 3. The van der Waals surface area contributed by atoms with Gasteiger partial charge in [-0.15, -0.1) is 0 Å². The second kappa shape index (κ2) is 7.76. The molecule has 0 aliphatic carbocycles. The average molecular weight is 412 g/mol. The van der Waals surface area contributed by atoms with Crippen molar-refractivity contribution >= 4 is 17.7 Å². The van der Waals surface area contributed by atoms with Gasteiger partial charge in [0, 0.05) is 62.8 Å². The first-order chi connectivity index (χ1) is 14.6. The Morgan fingerprint density at radius 1 is 1.20 bits per heavy atom. The number of ether oxygens (including phenoxy) is 1. The molecule has 3 fully saturated rings. The molecular weight excluding hydrogens is 384 g/mol. The number of hydrogen-bond donors (Lipinski definition) is 3. The van der Waals surface area contributed by atoms with Crippen LogP contribution in [0.2, 0.25) is 0 Å². The van der Waals surface area contributed by atoms with E-state index in [0.29, 0.717) is 31.1 Å². The third-order valence-corrected chi connectivity index (χ3v) is 7.27. The largest absolute Gasteiger partial charge is 0.381 e. The van der Waals surface area contributed by atoms with Gasteiger partial charge in [-0.05, 0) is 36.5 Å². The van der Waals surface area contributed by atoms with E-state index in [4.69, 9.17) is 4.74 Å². The number of benzene rings is 1. The van der Waals surface area contributed by atoms with Gasteiger partial charge in [-0.2, -0.15) is 0 Å². The van der Waals surface area contributed by atoms with Crippen molar-refractivity contribution in [1.29, 1.82) is 0 Å². The Bertz CT molecular complexity index is 880. The van der Waals surface area contributed by atoms with Crippen molar-refractivity contribution in [3.63, 3.8) is 0 Å². The van der Waals surface area contributed by atoms with Gasteiger partial charge in [-0.25, -0.2) is 0 Å². The highest BCUT2D eigenvalue weighted by Crippen LogP contribution is 2.37. The number of carbonyl (C=O) groups excluding carboxylic acids is 3. The van der Waals surface area contributed by atoms with E-state index < -0.39 is 6.04 Å². The molecule has 3 amide bonds. The van der Waals surface area contributed by atoms with Gasteiger partial charge in [0.15, 0.2) is 0 Å². The van der Waals surface area contributed by atoms with Crippen molar-refractivity contribution in [2.45, 2.75) is 50.9 Å². The van der Waals surface area contributed by atoms with Gasteiger partial charge in [0.2, 0.25) is 11.8 Å². The number of rotatable bonds is 4. The van der Waals surface area contributed by atoms with Crippen LogP contribution in [0.15, 0.2) is 18.2 Å². The Kier molecular flexibility index (Phi) is 5.08. The summed E-state index contributed by atoms with van der Waals surface area (Å²) in [6, 6.07) is 5.61. The fraction of sp³-hybridized carbons (Fsp3) is 0.591. The van der Waals surface area contributed by atoms with Gasteiger partial charge in [0.25, 0.3) is 5.91 Å². The maximum absolute atomic E-state index is 13.0. The first kappa shape index (κ1) is 19.7. The molecule has 30 heavy (non-hydrogen) atoms.